The van der Waals surface area contributed by atoms with Gasteiger partial charge in [-0.15, -0.1) is 0 Å². The van der Waals surface area contributed by atoms with Gasteiger partial charge in [-0.2, -0.15) is 0 Å². The summed E-state index contributed by atoms with van der Waals surface area (Å²) in [6.07, 6.45) is 2.12. The van der Waals surface area contributed by atoms with E-state index in [4.69, 9.17) is 0 Å². The molecule has 1 aromatic carbocycles. The van der Waals surface area contributed by atoms with E-state index >= 15 is 0 Å². The van der Waals surface area contributed by atoms with Crippen LogP contribution in [0, 0.1) is 5.92 Å². The molecule has 0 saturated carbocycles. The maximum atomic E-state index is 12.2. The third-order valence-corrected chi connectivity index (χ3v) is 4.14. The minimum Gasteiger partial charge on any atom is -0.348 e. The fraction of sp³-hybridized carbons (Fsp3) is 0.556. The van der Waals surface area contributed by atoms with Gasteiger partial charge in [-0.05, 0) is 37.1 Å². The zero-order chi connectivity index (χ0) is 16.8. The normalized spacial score (nSPS) is 17.8. The number of nitrogens with zero attached hydrogens (tertiary/aromatic N) is 1. The molecule has 1 heterocycles. The first-order chi connectivity index (χ1) is 11.0. The van der Waals surface area contributed by atoms with Crippen LogP contribution in [0.2, 0.25) is 0 Å². The molecule has 2 N–H and O–H groups in total. The van der Waals surface area contributed by atoms with Crippen molar-refractivity contribution in [1.29, 1.82) is 0 Å². The molecule has 2 rings (SSSR count). The van der Waals surface area contributed by atoms with Crippen LogP contribution in [0.15, 0.2) is 24.3 Å². The van der Waals surface area contributed by atoms with Crippen molar-refractivity contribution in [3.8, 4) is 0 Å². The van der Waals surface area contributed by atoms with E-state index < -0.39 is 0 Å². The second-order valence-corrected chi connectivity index (χ2v) is 6.56. The van der Waals surface area contributed by atoms with E-state index in [1.54, 1.807) is 11.9 Å². The maximum absolute atomic E-state index is 12.2. The highest BCUT2D eigenvalue weighted by molar-refractivity contribution is 5.94. The molecule has 126 valence electrons. The Bertz CT molecular complexity index is 534. The summed E-state index contributed by atoms with van der Waals surface area (Å²) in [6, 6.07) is 7.70. The molecule has 1 fully saturated rings. The Morgan fingerprint density at radius 2 is 2.00 bits per heavy atom. The Hall–Kier alpha value is -1.88. The highest BCUT2D eigenvalue weighted by Crippen LogP contribution is 2.10. The van der Waals surface area contributed by atoms with E-state index in [1.807, 2.05) is 38.1 Å². The lowest BCUT2D eigenvalue weighted by Gasteiger charge is -2.24. The highest BCUT2D eigenvalue weighted by Gasteiger charge is 2.17. The average Bonchev–Trinajstić information content (AvgIpc) is 2.55. The molecule has 1 saturated heterocycles. The third kappa shape index (κ3) is 5.06. The number of rotatable bonds is 5. The first-order valence-electron chi connectivity index (χ1n) is 8.33. The zero-order valence-corrected chi connectivity index (χ0v) is 14.3. The molecule has 5 heteroatoms. The molecule has 2 amide bonds. The van der Waals surface area contributed by atoms with Gasteiger partial charge in [0.25, 0.3) is 5.91 Å². The first kappa shape index (κ1) is 17.5. The Kier molecular flexibility index (Phi) is 6.16. The second kappa shape index (κ2) is 8.11. The van der Waals surface area contributed by atoms with Crippen molar-refractivity contribution in [3.63, 3.8) is 0 Å². The van der Waals surface area contributed by atoms with Crippen molar-refractivity contribution < 1.29 is 9.59 Å². The van der Waals surface area contributed by atoms with Gasteiger partial charge in [0.1, 0.15) is 0 Å². The summed E-state index contributed by atoms with van der Waals surface area (Å²) in [6.45, 7) is 6.22. The fourth-order valence-electron chi connectivity index (χ4n) is 2.80. The number of carbonyl (C=O) groups excluding carboxylic acids is 2. The number of hydrogen-bond donors (Lipinski definition) is 2. The molecule has 23 heavy (non-hydrogen) atoms. The van der Waals surface area contributed by atoms with Gasteiger partial charge >= 0.3 is 0 Å². The standard InChI is InChI=1S/C18H27N3O2/c1-13(2)18(23)21(3)12-14-6-8-15(9-7-14)17(22)20-16-5-4-10-19-11-16/h6-9,13,16,19H,4-5,10-12H2,1-3H3,(H,20,22). The van der Waals surface area contributed by atoms with E-state index in [1.165, 1.54) is 0 Å². The number of benzene rings is 1. The Labute approximate surface area is 138 Å². The summed E-state index contributed by atoms with van der Waals surface area (Å²) in [4.78, 5) is 25.9. The van der Waals surface area contributed by atoms with E-state index in [0.717, 1.165) is 31.5 Å². The SMILES string of the molecule is CC(C)C(=O)N(C)Cc1ccc(C(=O)NC2CCCNC2)cc1. The smallest absolute Gasteiger partial charge is 0.251 e. The average molecular weight is 317 g/mol. The summed E-state index contributed by atoms with van der Waals surface area (Å²) < 4.78 is 0. The molecule has 0 aliphatic carbocycles. The fourth-order valence-corrected chi connectivity index (χ4v) is 2.80. The van der Waals surface area contributed by atoms with Crippen molar-refractivity contribution in [2.45, 2.75) is 39.3 Å². The Balaban J connectivity index is 1.90. The van der Waals surface area contributed by atoms with Crippen LogP contribution in [0.25, 0.3) is 0 Å². The molecule has 0 aromatic heterocycles. The van der Waals surface area contributed by atoms with E-state index in [0.29, 0.717) is 12.1 Å². The number of carbonyl (C=O) groups is 2. The summed E-state index contributed by atoms with van der Waals surface area (Å²) in [5, 5.41) is 6.35. The molecule has 1 aromatic rings. The van der Waals surface area contributed by atoms with Gasteiger partial charge in [0.2, 0.25) is 5.91 Å². The summed E-state index contributed by atoms with van der Waals surface area (Å²) in [5.41, 5.74) is 1.69. The highest BCUT2D eigenvalue weighted by atomic mass is 16.2. The van der Waals surface area contributed by atoms with Crippen LogP contribution in [0.1, 0.15) is 42.6 Å². The van der Waals surface area contributed by atoms with Crippen LogP contribution < -0.4 is 10.6 Å². The van der Waals surface area contributed by atoms with Gasteiger partial charge in [0.05, 0.1) is 0 Å². The lowest BCUT2D eigenvalue weighted by atomic mass is 10.1. The van der Waals surface area contributed by atoms with Crippen molar-refractivity contribution in [2.75, 3.05) is 20.1 Å². The van der Waals surface area contributed by atoms with Crippen LogP contribution in [0.3, 0.4) is 0 Å². The lowest BCUT2D eigenvalue weighted by molar-refractivity contribution is -0.133. The molecule has 0 bridgehead atoms. The topological polar surface area (TPSA) is 61.4 Å². The number of piperidine rings is 1. The second-order valence-electron chi connectivity index (χ2n) is 6.56. The van der Waals surface area contributed by atoms with Crippen LogP contribution in [0.5, 0.6) is 0 Å². The minimum atomic E-state index is -0.0307. The number of amides is 2. The van der Waals surface area contributed by atoms with Crippen LogP contribution in [-0.2, 0) is 11.3 Å². The van der Waals surface area contributed by atoms with Gasteiger partial charge in [0.15, 0.2) is 0 Å². The van der Waals surface area contributed by atoms with Gasteiger partial charge in [0, 0.05) is 37.7 Å². The lowest BCUT2D eigenvalue weighted by Crippen LogP contribution is -2.45. The third-order valence-electron chi connectivity index (χ3n) is 4.14. The largest absolute Gasteiger partial charge is 0.348 e. The molecule has 5 nitrogen and oxygen atoms in total. The summed E-state index contributed by atoms with van der Waals surface area (Å²) in [5.74, 6) is 0.0858. The zero-order valence-electron chi connectivity index (χ0n) is 14.3. The molecule has 0 spiro atoms. The Morgan fingerprint density at radius 3 is 2.57 bits per heavy atom. The van der Waals surface area contributed by atoms with E-state index in [-0.39, 0.29) is 23.8 Å². The summed E-state index contributed by atoms with van der Waals surface area (Å²) >= 11 is 0. The van der Waals surface area contributed by atoms with Crippen molar-refractivity contribution in [3.05, 3.63) is 35.4 Å². The molecule has 0 radical (unpaired) electrons. The van der Waals surface area contributed by atoms with Gasteiger partial charge < -0.3 is 15.5 Å². The monoisotopic (exact) mass is 317 g/mol. The number of nitrogens with one attached hydrogen (secondary N) is 2. The molecular formula is C18H27N3O2. The molecular weight excluding hydrogens is 290 g/mol. The maximum Gasteiger partial charge on any atom is 0.251 e. The van der Waals surface area contributed by atoms with E-state index in [9.17, 15) is 9.59 Å². The van der Waals surface area contributed by atoms with Gasteiger partial charge in [-0.1, -0.05) is 26.0 Å². The predicted molar refractivity (Wildman–Crippen MR) is 91.1 cm³/mol. The van der Waals surface area contributed by atoms with Crippen molar-refractivity contribution in [1.82, 2.24) is 15.5 Å². The van der Waals surface area contributed by atoms with Gasteiger partial charge in [-0.25, -0.2) is 0 Å². The number of hydrogen-bond acceptors (Lipinski definition) is 3. The van der Waals surface area contributed by atoms with Crippen molar-refractivity contribution >= 4 is 11.8 Å². The van der Waals surface area contributed by atoms with Gasteiger partial charge in [-0.3, -0.25) is 9.59 Å². The van der Waals surface area contributed by atoms with E-state index in [2.05, 4.69) is 10.6 Å². The predicted octanol–water partition coefficient (Wildman–Crippen LogP) is 1.78. The quantitative estimate of drug-likeness (QED) is 0.870. The molecule has 1 unspecified atom stereocenters. The summed E-state index contributed by atoms with van der Waals surface area (Å²) in [7, 11) is 1.80. The van der Waals surface area contributed by atoms with Crippen LogP contribution in [-0.4, -0.2) is 42.9 Å². The Morgan fingerprint density at radius 1 is 1.30 bits per heavy atom. The minimum absolute atomic E-state index is 0.00541. The molecule has 1 aliphatic heterocycles. The van der Waals surface area contributed by atoms with Crippen molar-refractivity contribution in [2.24, 2.45) is 5.92 Å². The van der Waals surface area contributed by atoms with Crippen LogP contribution >= 0.6 is 0 Å². The molecule has 1 aliphatic rings. The molecule has 1 atom stereocenters. The first-order valence-corrected chi connectivity index (χ1v) is 8.33. The van der Waals surface area contributed by atoms with Crippen LogP contribution in [0.4, 0.5) is 0 Å².